The summed E-state index contributed by atoms with van der Waals surface area (Å²) in [5, 5.41) is 8.74. The van der Waals surface area contributed by atoms with E-state index in [0.29, 0.717) is 5.82 Å². The third-order valence-electron chi connectivity index (χ3n) is 2.18. The molecule has 0 bridgehead atoms. The molecule has 0 saturated heterocycles. The van der Waals surface area contributed by atoms with Gasteiger partial charge in [0.1, 0.15) is 5.82 Å². The van der Waals surface area contributed by atoms with Crippen molar-refractivity contribution in [2.75, 3.05) is 5.73 Å². The van der Waals surface area contributed by atoms with E-state index in [9.17, 15) is 0 Å². The number of nitrogen functional groups attached to an aromatic ring is 1. The van der Waals surface area contributed by atoms with Crippen LogP contribution in [0.25, 0.3) is 10.8 Å². The molecule has 3 heteroatoms. The standard InChI is InChI=1S/C10H8.C3H5N3/c1-2-6-10-8-4-3-7-9(10)5-1;4-3-1-2-5-6-3/h1-8H;1-2H,(H3,4,5,6). The number of hydrogen-bond acceptors (Lipinski definition) is 2. The molecule has 0 saturated carbocycles. The van der Waals surface area contributed by atoms with Gasteiger partial charge in [-0.3, -0.25) is 5.10 Å². The van der Waals surface area contributed by atoms with Crippen LogP contribution in [0, 0.1) is 0 Å². The number of hydrogen-bond donors (Lipinski definition) is 2. The van der Waals surface area contributed by atoms with Gasteiger partial charge in [-0.05, 0) is 16.8 Å². The molecule has 3 aromatic rings. The molecule has 2 aromatic carbocycles. The highest BCUT2D eigenvalue weighted by molar-refractivity contribution is 5.81. The smallest absolute Gasteiger partial charge is 0.145 e. The molecule has 0 fully saturated rings. The molecule has 0 spiro atoms. The van der Waals surface area contributed by atoms with Crippen molar-refractivity contribution in [1.29, 1.82) is 0 Å². The molecule has 0 radical (unpaired) electrons. The Balaban J connectivity index is 0.000000138. The molecule has 3 N–H and O–H groups in total. The quantitative estimate of drug-likeness (QED) is 0.600. The van der Waals surface area contributed by atoms with Crippen LogP contribution < -0.4 is 5.73 Å². The highest BCUT2D eigenvalue weighted by Gasteiger charge is 1.85. The summed E-state index contributed by atoms with van der Waals surface area (Å²) >= 11 is 0. The largest absolute Gasteiger partial charge is 0.382 e. The van der Waals surface area contributed by atoms with Gasteiger partial charge in [-0.1, -0.05) is 48.5 Å². The number of nitrogens with two attached hydrogens (primary N) is 1. The molecular formula is C13H13N3. The summed E-state index contributed by atoms with van der Waals surface area (Å²) in [6.07, 6.45) is 1.68. The van der Waals surface area contributed by atoms with Gasteiger partial charge in [0.25, 0.3) is 0 Å². The van der Waals surface area contributed by atoms with Crippen LogP contribution in [-0.4, -0.2) is 10.2 Å². The lowest BCUT2D eigenvalue weighted by atomic mass is 10.1. The number of aromatic amines is 1. The normalized spacial score (nSPS) is 9.50. The van der Waals surface area contributed by atoms with E-state index in [4.69, 9.17) is 5.73 Å². The van der Waals surface area contributed by atoms with E-state index in [1.54, 1.807) is 12.3 Å². The topological polar surface area (TPSA) is 54.7 Å². The zero-order valence-corrected chi connectivity index (χ0v) is 8.80. The minimum Gasteiger partial charge on any atom is -0.382 e. The lowest BCUT2D eigenvalue weighted by Crippen LogP contribution is -1.81. The lowest BCUT2D eigenvalue weighted by molar-refractivity contribution is 1.10. The average Bonchev–Trinajstić information content (AvgIpc) is 2.81. The van der Waals surface area contributed by atoms with E-state index < -0.39 is 0 Å². The fourth-order valence-electron chi connectivity index (χ4n) is 1.40. The van der Waals surface area contributed by atoms with Crippen LogP contribution in [0.15, 0.2) is 60.8 Å². The second kappa shape index (κ2) is 4.98. The molecule has 0 aliphatic carbocycles. The number of anilines is 1. The van der Waals surface area contributed by atoms with Gasteiger partial charge >= 0.3 is 0 Å². The molecule has 0 aliphatic heterocycles. The molecule has 16 heavy (non-hydrogen) atoms. The van der Waals surface area contributed by atoms with E-state index >= 15 is 0 Å². The highest BCUT2D eigenvalue weighted by Crippen LogP contribution is 2.11. The van der Waals surface area contributed by atoms with Crippen molar-refractivity contribution >= 4 is 16.6 Å². The van der Waals surface area contributed by atoms with Crippen LogP contribution in [0.3, 0.4) is 0 Å². The van der Waals surface area contributed by atoms with Gasteiger partial charge < -0.3 is 5.73 Å². The molecule has 80 valence electrons. The van der Waals surface area contributed by atoms with Crippen molar-refractivity contribution in [2.45, 2.75) is 0 Å². The van der Waals surface area contributed by atoms with Gasteiger partial charge in [-0.25, -0.2) is 0 Å². The van der Waals surface area contributed by atoms with Crippen LogP contribution in [0.5, 0.6) is 0 Å². The molecule has 0 unspecified atom stereocenters. The molecule has 1 heterocycles. The molecule has 3 rings (SSSR count). The Morgan fingerprint density at radius 3 is 1.56 bits per heavy atom. The van der Waals surface area contributed by atoms with Gasteiger partial charge in [0.2, 0.25) is 0 Å². The van der Waals surface area contributed by atoms with E-state index in [1.165, 1.54) is 10.8 Å². The Hall–Kier alpha value is -2.29. The van der Waals surface area contributed by atoms with Gasteiger partial charge in [0.05, 0.1) is 0 Å². The first-order chi connectivity index (χ1) is 7.86. The van der Waals surface area contributed by atoms with Crippen molar-refractivity contribution < 1.29 is 0 Å². The summed E-state index contributed by atoms with van der Waals surface area (Å²) in [6, 6.07) is 18.4. The Morgan fingerprint density at radius 2 is 1.31 bits per heavy atom. The predicted molar refractivity (Wildman–Crippen MR) is 66.9 cm³/mol. The molecule has 0 aliphatic rings. The van der Waals surface area contributed by atoms with Gasteiger partial charge in [0, 0.05) is 6.20 Å². The summed E-state index contributed by atoms with van der Waals surface area (Å²) in [6.45, 7) is 0. The fraction of sp³-hybridized carbons (Fsp3) is 0. The van der Waals surface area contributed by atoms with Crippen LogP contribution in [-0.2, 0) is 0 Å². The van der Waals surface area contributed by atoms with E-state index in [1.807, 2.05) is 0 Å². The number of rotatable bonds is 0. The van der Waals surface area contributed by atoms with Gasteiger partial charge in [0.15, 0.2) is 0 Å². The van der Waals surface area contributed by atoms with Crippen LogP contribution in [0.1, 0.15) is 0 Å². The van der Waals surface area contributed by atoms with E-state index in [2.05, 4.69) is 58.7 Å². The lowest BCUT2D eigenvalue weighted by Gasteiger charge is -1.92. The maximum atomic E-state index is 5.14. The molecule has 1 aromatic heterocycles. The Kier molecular flexibility index (Phi) is 3.18. The summed E-state index contributed by atoms with van der Waals surface area (Å²) in [4.78, 5) is 0. The second-order valence-corrected chi connectivity index (χ2v) is 3.35. The number of nitrogens with zero attached hydrogens (tertiary/aromatic N) is 1. The predicted octanol–water partition coefficient (Wildman–Crippen LogP) is 2.83. The first-order valence-electron chi connectivity index (χ1n) is 5.05. The fourth-order valence-corrected chi connectivity index (χ4v) is 1.40. The molecule has 0 amide bonds. The highest BCUT2D eigenvalue weighted by atomic mass is 15.1. The first-order valence-corrected chi connectivity index (χ1v) is 5.05. The van der Waals surface area contributed by atoms with E-state index in [-0.39, 0.29) is 0 Å². The summed E-state index contributed by atoms with van der Waals surface area (Å²) < 4.78 is 0. The van der Waals surface area contributed by atoms with Gasteiger partial charge in [-0.2, -0.15) is 5.10 Å². The summed E-state index contributed by atoms with van der Waals surface area (Å²) in [5.41, 5.74) is 5.14. The molecule has 0 atom stereocenters. The third-order valence-corrected chi connectivity index (χ3v) is 2.18. The minimum atomic E-state index is 0.537. The van der Waals surface area contributed by atoms with Crippen molar-refractivity contribution in [3.63, 3.8) is 0 Å². The van der Waals surface area contributed by atoms with Crippen LogP contribution >= 0.6 is 0 Å². The Morgan fingerprint density at radius 1 is 0.812 bits per heavy atom. The average molecular weight is 211 g/mol. The Bertz CT molecular complexity index is 478. The first kappa shape index (κ1) is 10.2. The summed E-state index contributed by atoms with van der Waals surface area (Å²) in [7, 11) is 0. The number of nitrogens with one attached hydrogen (secondary N) is 1. The van der Waals surface area contributed by atoms with Crippen molar-refractivity contribution in [3.05, 3.63) is 60.8 Å². The third kappa shape index (κ3) is 2.60. The number of fused-ring (bicyclic) bond motifs is 1. The maximum absolute atomic E-state index is 5.14. The van der Waals surface area contributed by atoms with Crippen molar-refractivity contribution in [1.82, 2.24) is 10.2 Å². The Labute approximate surface area is 93.9 Å². The molecule has 3 nitrogen and oxygen atoms in total. The number of aromatic nitrogens is 2. The van der Waals surface area contributed by atoms with Crippen LogP contribution in [0.4, 0.5) is 5.82 Å². The van der Waals surface area contributed by atoms with E-state index in [0.717, 1.165) is 0 Å². The molecular weight excluding hydrogens is 198 g/mol. The van der Waals surface area contributed by atoms with Crippen molar-refractivity contribution in [2.24, 2.45) is 0 Å². The zero-order valence-electron chi connectivity index (χ0n) is 8.80. The summed E-state index contributed by atoms with van der Waals surface area (Å²) in [5.74, 6) is 0.537. The monoisotopic (exact) mass is 211 g/mol. The number of benzene rings is 2. The minimum absolute atomic E-state index is 0.537. The van der Waals surface area contributed by atoms with Crippen LogP contribution in [0.2, 0.25) is 0 Å². The van der Waals surface area contributed by atoms with Crippen molar-refractivity contribution in [3.8, 4) is 0 Å². The SMILES string of the molecule is Nc1cc[nH]n1.c1ccc2ccccc2c1. The van der Waals surface area contributed by atoms with Gasteiger partial charge in [-0.15, -0.1) is 0 Å². The second-order valence-electron chi connectivity index (χ2n) is 3.35. The zero-order chi connectivity index (χ0) is 11.2. The maximum Gasteiger partial charge on any atom is 0.145 e. The number of H-pyrrole nitrogens is 1.